The molecule has 3 N–H and O–H groups in total. The number of nitrogens with zero attached hydrogens (tertiary/aromatic N) is 1. The van der Waals surface area contributed by atoms with Crippen molar-refractivity contribution in [3.63, 3.8) is 0 Å². The summed E-state index contributed by atoms with van der Waals surface area (Å²) in [6.07, 6.45) is 1.20. The fraction of sp³-hybridized carbons (Fsp3) is 0.0435. The number of methoxy groups -OCH3 is 1. The first-order valence-corrected chi connectivity index (χ1v) is 9.82. The average Bonchev–Trinajstić information content (AvgIpc) is 3.04. The molecule has 0 unspecified atom stereocenters. The Labute approximate surface area is 180 Å². The number of anilines is 1. The molecule has 0 amide bonds. The van der Waals surface area contributed by atoms with Gasteiger partial charge in [0.2, 0.25) is 0 Å². The lowest BCUT2D eigenvalue weighted by Crippen LogP contribution is -2.00. The highest BCUT2D eigenvalue weighted by Crippen LogP contribution is 2.41. The van der Waals surface area contributed by atoms with Crippen molar-refractivity contribution in [3.05, 3.63) is 82.2 Å². The molecule has 0 spiro atoms. The molecule has 0 aliphatic carbocycles. The van der Waals surface area contributed by atoms with Crippen molar-refractivity contribution in [1.29, 1.82) is 5.41 Å². The van der Waals surface area contributed by atoms with Crippen LogP contribution in [-0.2, 0) is 4.74 Å². The smallest absolute Gasteiger partial charge is 0.337 e. The van der Waals surface area contributed by atoms with Crippen LogP contribution in [0.5, 0.6) is 0 Å². The number of nitrogen functional groups attached to an aromatic ring is 1. The van der Waals surface area contributed by atoms with Gasteiger partial charge in [0.15, 0.2) is 0 Å². The standard InChI is InChI=1S/C23H17BrFN3O2/c1-30-23(29)14-4-2-13(3-5-14)21-18-11-19(27)15(12-26)10-20(18)28(22(21)24)17-8-6-16(25)7-9-17/h2-12,26H,27H2,1H3. The molecule has 0 radical (unpaired) electrons. The van der Waals surface area contributed by atoms with Crippen molar-refractivity contribution in [2.24, 2.45) is 0 Å². The SMILES string of the molecule is COC(=O)c1ccc(-c2c(Br)n(-c3ccc(F)cc3)c3cc(C=N)c(N)cc23)cc1. The first-order valence-electron chi connectivity index (χ1n) is 9.03. The molecule has 5 nitrogen and oxygen atoms in total. The van der Waals surface area contributed by atoms with Gasteiger partial charge in [0.25, 0.3) is 0 Å². The van der Waals surface area contributed by atoms with E-state index in [-0.39, 0.29) is 5.82 Å². The minimum atomic E-state index is -0.408. The molecule has 0 aliphatic rings. The molecular weight excluding hydrogens is 449 g/mol. The Morgan fingerprint density at radius 2 is 1.80 bits per heavy atom. The van der Waals surface area contributed by atoms with Crippen LogP contribution in [-0.4, -0.2) is 23.9 Å². The maximum atomic E-state index is 13.5. The highest BCUT2D eigenvalue weighted by Gasteiger charge is 2.20. The Morgan fingerprint density at radius 3 is 2.40 bits per heavy atom. The molecule has 4 aromatic rings. The van der Waals surface area contributed by atoms with Crippen molar-refractivity contribution >= 4 is 44.7 Å². The second kappa shape index (κ2) is 7.76. The van der Waals surface area contributed by atoms with Crippen molar-refractivity contribution in [2.75, 3.05) is 12.8 Å². The monoisotopic (exact) mass is 465 g/mol. The van der Waals surface area contributed by atoms with E-state index in [9.17, 15) is 9.18 Å². The number of hydrogen-bond donors (Lipinski definition) is 2. The van der Waals surface area contributed by atoms with E-state index in [0.29, 0.717) is 16.8 Å². The number of esters is 1. The number of rotatable bonds is 4. The molecule has 3 aromatic carbocycles. The summed E-state index contributed by atoms with van der Waals surface area (Å²) >= 11 is 3.70. The van der Waals surface area contributed by atoms with E-state index in [0.717, 1.165) is 32.3 Å². The number of benzene rings is 3. The minimum absolute atomic E-state index is 0.325. The number of aromatic nitrogens is 1. The van der Waals surface area contributed by atoms with Crippen LogP contribution in [0.4, 0.5) is 10.1 Å². The Balaban J connectivity index is 2.01. The lowest BCUT2D eigenvalue weighted by molar-refractivity contribution is 0.0601. The van der Waals surface area contributed by atoms with Gasteiger partial charge in [-0.3, -0.25) is 0 Å². The van der Waals surface area contributed by atoms with Gasteiger partial charge in [-0.2, -0.15) is 0 Å². The minimum Gasteiger partial charge on any atom is -0.465 e. The van der Waals surface area contributed by atoms with Crippen molar-refractivity contribution in [3.8, 4) is 16.8 Å². The topological polar surface area (TPSA) is 81.1 Å². The average molecular weight is 466 g/mol. The molecule has 0 aliphatic heterocycles. The van der Waals surface area contributed by atoms with Crippen molar-refractivity contribution in [1.82, 2.24) is 4.57 Å². The van der Waals surface area contributed by atoms with E-state index in [1.165, 1.54) is 25.5 Å². The summed E-state index contributed by atoms with van der Waals surface area (Å²) in [7, 11) is 1.34. The van der Waals surface area contributed by atoms with Gasteiger partial charge >= 0.3 is 5.97 Å². The highest BCUT2D eigenvalue weighted by atomic mass is 79.9. The van der Waals surface area contributed by atoms with E-state index in [1.54, 1.807) is 24.3 Å². The Bertz CT molecular complexity index is 1280. The van der Waals surface area contributed by atoms with Crippen molar-refractivity contribution < 1.29 is 13.9 Å². The molecule has 0 bridgehead atoms. The predicted molar refractivity (Wildman–Crippen MR) is 120 cm³/mol. The zero-order valence-electron chi connectivity index (χ0n) is 15.9. The summed E-state index contributed by atoms with van der Waals surface area (Å²) in [5.41, 5.74) is 11.0. The number of hydrogen-bond acceptors (Lipinski definition) is 4. The van der Waals surface area contributed by atoms with Crippen LogP contribution in [0.25, 0.3) is 27.7 Å². The second-order valence-electron chi connectivity index (χ2n) is 6.69. The molecule has 0 atom stereocenters. The molecule has 0 saturated carbocycles. The number of carbonyl (C=O) groups is 1. The Morgan fingerprint density at radius 1 is 1.13 bits per heavy atom. The van der Waals surface area contributed by atoms with Crippen molar-refractivity contribution in [2.45, 2.75) is 0 Å². The van der Waals surface area contributed by atoms with E-state index in [4.69, 9.17) is 15.9 Å². The van der Waals surface area contributed by atoms with E-state index >= 15 is 0 Å². The summed E-state index contributed by atoms with van der Waals surface area (Å²) in [6, 6.07) is 16.9. The third kappa shape index (κ3) is 3.27. The zero-order chi connectivity index (χ0) is 21.4. The fourth-order valence-electron chi connectivity index (χ4n) is 3.47. The summed E-state index contributed by atoms with van der Waals surface area (Å²) in [5, 5.41) is 8.51. The third-order valence-electron chi connectivity index (χ3n) is 4.95. The molecule has 1 aromatic heterocycles. The van der Waals surface area contributed by atoms with Gasteiger partial charge in [-0.05, 0) is 70.0 Å². The van der Waals surface area contributed by atoms with Crippen LogP contribution in [0.2, 0.25) is 0 Å². The number of fused-ring (bicyclic) bond motifs is 1. The van der Waals surface area contributed by atoms with Crippen LogP contribution in [0, 0.1) is 11.2 Å². The zero-order valence-corrected chi connectivity index (χ0v) is 17.5. The largest absolute Gasteiger partial charge is 0.465 e. The van der Waals surface area contributed by atoms with Crippen LogP contribution >= 0.6 is 15.9 Å². The predicted octanol–water partition coefficient (Wildman–Crippen LogP) is 5.57. The third-order valence-corrected chi connectivity index (χ3v) is 5.70. The summed E-state index contributed by atoms with van der Waals surface area (Å²) < 4.78 is 20.9. The number of nitrogens with two attached hydrogens (primary N) is 1. The molecule has 4 rings (SSSR count). The van der Waals surface area contributed by atoms with Gasteiger partial charge in [-0.1, -0.05) is 12.1 Å². The second-order valence-corrected chi connectivity index (χ2v) is 7.44. The molecule has 150 valence electrons. The lowest BCUT2D eigenvalue weighted by atomic mass is 10.0. The quantitative estimate of drug-likeness (QED) is 0.235. The molecule has 30 heavy (non-hydrogen) atoms. The first kappa shape index (κ1) is 19.8. The first-order chi connectivity index (χ1) is 14.4. The Hall–Kier alpha value is -3.45. The normalized spacial score (nSPS) is 10.9. The molecule has 7 heteroatoms. The van der Waals surface area contributed by atoms with Gasteiger partial charge in [-0.25, -0.2) is 9.18 Å². The van der Waals surface area contributed by atoms with Crippen LogP contribution in [0.15, 0.2) is 65.3 Å². The molecule has 0 fully saturated rings. The fourth-order valence-corrected chi connectivity index (χ4v) is 4.31. The Kier molecular flexibility index (Phi) is 5.13. The molecular formula is C23H17BrFN3O2. The maximum Gasteiger partial charge on any atom is 0.337 e. The van der Waals surface area contributed by atoms with Gasteiger partial charge in [0, 0.05) is 34.1 Å². The maximum absolute atomic E-state index is 13.5. The van der Waals surface area contributed by atoms with Crippen LogP contribution in [0.3, 0.4) is 0 Å². The van der Waals surface area contributed by atoms with Crippen LogP contribution in [0.1, 0.15) is 15.9 Å². The van der Waals surface area contributed by atoms with E-state index in [2.05, 4.69) is 15.9 Å². The summed E-state index contributed by atoms with van der Waals surface area (Å²) in [6.45, 7) is 0. The van der Waals surface area contributed by atoms with Crippen LogP contribution < -0.4 is 5.73 Å². The summed E-state index contributed by atoms with van der Waals surface area (Å²) in [4.78, 5) is 11.8. The lowest BCUT2D eigenvalue weighted by Gasteiger charge is -2.09. The highest BCUT2D eigenvalue weighted by molar-refractivity contribution is 9.10. The number of nitrogens with one attached hydrogen (secondary N) is 1. The van der Waals surface area contributed by atoms with Gasteiger partial charge < -0.3 is 20.4 Å². The number of carbonyl (C=O) groups excluding carboxylic acids is 1. The molecule has 0 saturated heterocycles. The summed E-state index contributed by atoms with van der Waals surface area (Å²) in [5.74, 6) is -0.733. The van der Waals surface area contributed by atoms with Gasteiger partial charge in [0.05, 0.1) is 22.8 Å². The number of halogens is 2. The number of ether oxygens (including phenoxy) is 1. The van der Waals surface area contributed by atoms with E-state index in [1.807, 2.05) is 28.8 Å². The van der Waals surface area contributed by atoms with Gasteiger partial charge in [-0.15, -0.1) is 0 Å². The van der Waals surface area contributed by atoms with E-state index < -0.39 is 5.97 Å². The van der Waals surface area contributed by atoms with Gasteiger partial charge in [0.1, 0.15) is 5.82 Å². The molecule has 1 heterocycles.